The van der Waals surface area contributed by atoms with E-state index in [1.807, 2.05) is 35.2 Å². The van der Waals surface area contributed by atoms with Crippen LogP contribution in [0.2, 0.25) is 0 Å². The van der Waals surface area contributed by atoms with Gasteiger partial charge in [0.15, 0.2) is 5.82 Å². The molecule has 0 unspecified atom stereocenters. The third-order valence-electron chi connectivity index (χ3n) is 5.97. The van der Waals surface area contributed by atoms with Crippen molar-refractivity contribution in [3.8, 4) is 17.1 Å². The molecule has 2 aliphatic rings. The third kappa shape index (κ3) is 3.83. The van der Waals surface area contributed by atoms with Gasteiger partial charge < -0.3 is 14.5 Å². The molecule has 0 N–H and O–H groups in total. The SMILES string of the molecule is COc1cccc(C(=O)N2CCc3nc(-c4cccnc4)nc(N4CCCC4)c3C2)c1. The fourth-order valence-electron chi connectivity index (χ4n) is 4.32. The number of carbonyl (C=O) groups excluding carboxylic acids is 1. The van der Waals surface area contributed by atoms with Gasteiger partial charge in [-0.25, -0.2) is 9.97 Å². The van der Waals surface area contributed by atoms with Gasteiger partial charge >= 0.3 is 0 Å². The van der Waals surface area contributed by atoms with Gasteiger partial charge in [0.2, 0.25) is 0 Å². The highest BCUT2D eigenvalue weighted by molar-refractivity contribution is 5.94. The van der Waals surface area contributed by atoms with Crippen LogP contribution in [0, 0.1) is 0 Å². The first-order chi connectivity index (χ1) is 15.2. The van der Waals surface area contributed by atoms with Crippen LogP contribution in [0.25, 0.3) is 11.4 Å². The summed E-state index contributed by atoms with van der Waals surface area (Å²) in [6, 6.07) is 11.2. The Kier molecular flexibility index (Phi) is 5.24. The van der Waals surface area contributed by atoms with Crippen LogP contribution in [0.4, 0.5) is 5.82 Å². The molecule has 7 heteroatoms. The van der Waals surface area contributed by atoms with Crippen molar-refractivity contribution in [2.45, 2.75) is 25.8 Å². The molecule has 2 aliphatic heterocycles. The number of rotatable bonds is 4. The van der Waals surface area contributed by atoms with E-state index in [0.717, 1.165) is 48.6 Å². The molecular weight excluding hydrogens is 390 g/mol. The minimum Gasteiger partial charge on any atom is -0.497 e. The summed E-state index contributed by atoms with van der Waals surface area (Å²) in [6.07, 6.45) is 6.59. The Bertz CT molecular complexity index is 1100. The molecule has 0 saturated carbocycles. The average Bonchev–Trinajstić information content (AvgIpc) is 3.38. The summed E-state index contributed by atoms with van der Waals surface area (Å²) < 4.78 is 5.29. The largest absolute Gasteiger partial charge is 0.497 e. The molecule has 1 amide bonds. The topological polar surface area (TPSA) is 71.5 Å². The van der Waals surface area contributed by atoms with Crippen LogP contribution in [-0.2, 0) is 13.0 Å². The summed E-state index contributed by atoms with van der Waals surface area (Å²) in [5.74, 6) is 2.37. The molecule has 3 aromatic rings. The van der Waals surface area contributed by atoms with Crippen molar-refractivity contribution in [1.29, 1.82) is 0 Å². The van der Waals surface area contributed by atoms with Crippen LogP contribution in [0.5, 0.6) is 5.75 Å². The lowest BCUT2D eigenvalue weighted by atomic mass is 10.0. The van der Waals surface area contributed by atoms with Gasteiger partial charge in [0.1, 0.15) is 11.6 Å². The number of pyridine rings is 1. The highest BCUT2D eigenvalue weighted by atomic mass is 16.5. The summed E-state index contributed by atoms with van der Waals surface area (Å²) >= 11 is 0. The molecule has 31 heavy (non-hydrogen) atoms. The molecule has 1 saturated heterocycles. The first-order valence-electron chi connectivity index (χ1n) is 10.7. The average molecular weight is 415 g/mol. The number of hydrogen-bond acceptors (Lipinski definition) is 6. The molecule has 1 aromatic carbocycles. The van der Waals surface area contributed by atoms with Gasteiger partial charge in [-0.1, -0.05) is 6.07 Å². The van der Waals surface area contributed by atoms with E-state index >= 15 is 0 Å². The highest BCUT2D eigenvalue weighted by Crippen LogP contribution is 2.32. The summed E-state index contributed by atoms with van der Waals surface area (Å²) in [4.78, 5) is 31.5. The van der Waals surface area contributed by atoms with Crippen LogP contribution in [-0.4, -0.2) is 52.5 Å². The first kappa shape index (κ1) is 19.5. The van der Waals surface area contributed by atoms with Crippen LogP contribution in [0.3, 0.4) is 0 Å². The van der Waals surface area contributed by atoms with Gasteiger partial charge in [-0.05, 0) is 43.2 Å². The van der Waals surface area contributed by atoms with E-state index in [-0.39, 0.29) is 5.91 Å². The van der Waals surface area contributed by atoms with Crippen molar-refractivity contribution in [1.82, 2.24) is 19.9 Å². The quantitative estimate of drug-likeness (QED) is 0.651. The number of ether oxygens (including phenoxy) is 1. The minimum absolute atomic E-state index is 0.00765. The first-order valence-corrected chi connectivity index (χ1v) is 10.7. The smallest absolute Gasteiger partial charge is 0.254 e. The molecule has 0 radical (unpaired) electrons. The van der Waals surface area contributed by atoms with Crippen molar-refractivity contribution in [3.05, 3.63) is 65.6 Å². The number of fused-ring (bicyclic) bond motifs is 1. The summed E-state index contributed by atoms with van der Waals surface area (Å²) in [5, 5.41) is 0. The fourth-order valence-corrected chi connectivity index (χ4v) is 4.32. The molecule has 7 nitrogen and oxygen atoms in total. The van der Waals surface area contributed by atoms with E-state index in [4.69, 9.17) is 14.7 Å². The Balaban J connectivity index is 1.50. The van der Waals surface area contributed by atoms with Crippen LogP contribution in [0.15, 0.2) is 48.8 Å². The predicted octanol–water partition coefficient (Wildman–Crippen LogP) is 3.35. The number of carbonyl (C=O) groups is 1. The number of nitrogens with zero attached hydrogens (tertiary/aromatic N) is 5. The summed E-state index contributed by atoms with van der Waals surface area (Å²) in [7, 11) is 1.61. The maximum Gasteiger partial charge on any atom is 0.254 e. The fraction of sp³-hybridized carbons (Fsp3) is 0.333. The predicted molar refractivity (Wildman–Crippen MR) is 118 cm³/mol. The second-order valence-electron chi connectivity index (χ2n) is 7.94. The number of hydrogen-bond donors (Lipinski definition) is 0. The van der Waals surface area contributed by atoms with Gasteiger partial charge in [-0.2, -0.15) is 0 Å². The number of anilines is 1. The zero-order valence-electron chi connectivity index (χ0n) is 17.6. The van der Waals surface area contributed by atoms with Crippen LogP contribution in [0.1, 0.15) is 34.5 Å². The number of aromatic nitrogens is 3. The lowest BCUT2D eigenvalue weighted by Crippen LogP contribution is -2.38. The van der Waals surface area contributed by atoms with Gasteiger partial charge in [-0.3, -0.25) is 9.78 Å². The van der Waals surface area contributed by atoms with Crippen LogP contribution < -0.4 is 9.64 Å². The molecule has 1 fully saturated rings. The standard InChI is InChI=1S/C24H25N5O2/c1-31-19-8-4-6-17(14-19)24(30)29-13-9-21-20(16-29)23(28-11-2-3-12-28)27-22(26-21)18-7-5-10-25-15-18/h4-8,10,14-15H,2-3,9,11-13,16H2,1H3. The number of amides is 1. The highest BCUT2D eigenvalue weighted by Gasteiger charge is 2.29. The van der Waals surface area contributed by atoms with Crippen molar-refractivity contribution in [2.75, 3.05) is 31.6 Å². The molecule has 2 aromatic heterocycles. The third-order valence-corrected chi connectivity index (χ3v) is 5.97. The van der Waals surface area contributed by atoms with E-state index in [1.54, 1.807) is 25.6 Å². The maximum atomic E-state index is 13.2. The van der Waals surface area contributed by atoms with Gasteiger partial charge in [0.25, 0.3) is 5.91 Å². The monoisotopic (exact) mass is 415 g/mol. The second-order valence-corrected chi connectivity index (χ2v) is 7.94. The minimum atomic E-state index is 0.00765. The molecule has 4 heterocycles. The Morgan fingerprint density at radius 1 is 1.06 bits per heavy atom. The van der Waals surface area contributed by atoms with Crippen molar-refractivity contribution in [3.63, 3.8) is 0 Å². The van der Waals surface area contributed by atoms with Crippen molar-refractivity contribution >= 4 is 11.7 Å². The number of methoxy groups -OCH3 is 1. The lowest BCUT2D eigenvalue weighted by Gasteiger charge is -2.32. The summed E-state index contributed by atoms with van der Waals surface area (Å²) in [5.41, 5.74) is 3.65. The van der Waals surface area contributed by atoms with E-state index in [2.05, 4.69) is 9.88 Å². The zero-order chi connectivity index (χ0) is 21.2. The normalized spacial score (nSPS) is 15.6. The van der Waals surface area contributed by atoms with E-state index in [9.17, 15) is 4.79 Å². The molecule has 158 valence electrons. The molecule has 0 bridgehead atoms. The lowest BCUT2D eigenvalue weighted by molar-refractivity contribution is 0.0733. The van der Waals surface area contributed by atoms with Crippen molar-refractivity contribution < 1.29 is 9.53 Å². The Hall–Kier alpha value is -3.48. The van der Waals surface area contributed by atoms with E-state index < -0.39 is 0 Å². The summed E-state index contributed by atoms with van der Waals surface area (Å²) in [6.45, 7) is 3.12. The Morgan fingerprint density at radius 2 is 1.94 bits per heavy atom. The van der Waals surface area contributed by atoms with E-state index in [0.29, 0.717) is 36.6 Å². The van der Waals surface area contributed by atoms with E-state index in [1.165, 1.54) is 0 Å². The van der Waals surface area contributed by atoms with Gasteiger partial charge in [-0.15, -0.1) is 0 Å². The zero-order valence-corrected chi connectivity index (χ0v) is 17.6. The molecular formula is C24H25N5O2. The van der Waals surface area contributed by atoms with Gasteiger partial charge in [0, 0.05) is 55.1 Å². The second kappa shape index (κ2) is 8.34. The van der Waals surface area contributed by atoms with Crippen molar-refractivity contribution in [2.24, 2.45) is 0 Å². The number of benzene rings is 1. The molecule has 5 rings (SSSR count). The molecule has 0 atom stereocenters. The van der Waals surface area contributed by atoms with Crippen LogP contribution >= 0.6 is 0 Å². The maximum absolute atomic E-state index is 13.2. The molecule has 0 spiro atoms. The van der Waals surface area contributed by atoms with Gasteiger partial charge in [0.05, 0.1) is 19.3 Å². The Morgan fingerprint density at radius 3 is 2.71 bits per heavy atom. The molecule has 0 aliphatic carbocycles. The Labute approximate surface area is 181 Å².